The average molecular weight is 1320 g/mol. The van der Waals surface area contributed by atoms with Crippen LogP contribution in [-0.2, 0) is 19.3 Å². The minimum Gasteiger partial charge on any atom is -0.384 e. The highest BCUT2D eigenvalue weighted by atomic mass is 35.5. The number of anilines is 3. The number of amidine groups is 3. The first-order chi connectivity index (χ1) is 42.9. The molecule has 0 fully saturated rings. The van der Waals surface area contributed by atoms with Gasteiger partial charge in [-0.3, -0.25) is 44.6 Å². The molecule has 3 aromatic heterocycles. The first-order valence-corrected chi connectivity index (χ1v) is 29.1. The molecule has 18 nitrogen and oxygen atoms in total. The lowest BCUT2D eigenvalue weighted by atomic mass is 9.97. The van der Waals surface area contributed by atoms with Crippen molar-refractivity contribution in [3.63, 3.8) is 0 Å². The molecule has 0 aliphatic heterocycles. The number of hydrogen-bond acceptors (Lipinski definition) is 12. The van der Waals surface area contributed by atoms with Crippen molar-refractivity contribution in [1.82, 2.24) is 19.9 Å². The van der Waals surface area contributed by atoms with E-state index in [0.29, 0.717) is 115 Å². The van der Waals surface area contributed by atoms with Gasteiger partial charge in [-0.25, -0.2) is 15.0 Å². The topological polar surface area (TPSA) is 293 Å². The van der Waals surface area contributed by atoms with E-state index in [1.165, 1.54) is 36.8 Å². The number of halogens is 6. The number of pyridine rings is 3. The molecule has 3 heterocycles. The summed E-state index contributed by atoms with van der Waals surface area (Å²) < 4.78 is 0. The van der Waals surface area contributed by atoms with Crippen molar-refractivity contribution in [1.29, 1.82) is 10.8 Å². The second kappa shape index (κ2) is 32.0. The Balaban J connectivity index is 0.000000192. The molecule has 0 saturated heterocycles. The maximum absolute atomic E-state index is 12.8. The maximum atomic E-state index is 12.8. The van der Waals surface area contributed by atoms with Crippen LogP contribution in [0.2, 0.25) is 30.1 Å². The molecule has 0 atom stereocenters. The SMILES string of the molecule is CN(C)C(=N)c1ccc(C(=O)Cc2ccc(Cl)cc2C(=O)Nc2ccc(Cl)cn2)cc1.CN=C(N)c1ccc(C(=O)Cc2ccc(Cl)cc2C(=O)Nc2ccc(Cl)cn2)cc1.N=C(N)c1ccc(C(=O)Cc2ccc(Cl)cc2C(=O)Nc2ccc(Cl)cn2)cc1. The molecule has 0 aliphatic rings. The van der Waals surface area contributed by atoms with Crippen LogP contribution in [0.1, 0.15) is 95.5 Å². The summed E-state index contributed by atoms with van der Waals surface area (Å²) in [7, 11) is 5.17. The lowest BCUT2D eigenvalue weighted by Gasteiger charge is -2.14. The fourth-order valence-electron chi connectivity index (χ4n) is 8.33. The van der Waals surface area contributed by atoms with E-state index in [-0.39, 0.29) is 48.0 Å². The van der Waals surface area contributed by atoms with E-state index in [1.54, 1.807) is 172 Å². The average Bonchev–Trinajstić information content (AvgIpc) is 2.66. The molecule has 0 unspecified atom stereocenters. The summed E-state index contributed by atoms with van der Waals surface area (Å²) in [4.78, 5) is 94.3. The lowest BCUT2D eigenvalue weighted by Crippen LogP contribution is -2.21. The highest BCUT2D eigenvalue weighted by molar-refractivity contribution is 6.33. The summed E-state index contributed by atoms with van der Waals surface area (Å²) in [6, 6.07) is 44.1. The Labute approximate surface area is 547 Å². The Bertz CT molecular complexity index is 4170. The van der Waals surface area contributed by atoms with E-state index in [2.05, 4.69) is 35.9 Å². The van der Waals surface area contributed by atoms with Crippen molar-refractivity contribution in [2.75, 3.05) is 37.1 Å². The largest absolute Gasteiger partial charge is 0.384 e. The number of aromatic nitrogens is 3. The molecule has 24 heteroatoms. The van der Waals surface area contributed by atoms with Crippen LogP contribution < -0.4 is 27.4 Å². The van der Waals surface area contributed by atoms with Gasteiger partial charge in [0.2, 0.25) is 0 Å². The number of benzene rings is 6. The van der Waals surface area contributed by atoms with Crippen molar-refractivity contribution in [3.8, 4) is 0 Å². The van der Waals surface area contributed by atoms with Gasteiger partial charge in [0.1, 0.15) is 35.0 Å². The number of amides is 3. The number of carbonyl (C=O) groups is 6. The van der Waals surface area contributed by atoms with Crippen LogP contribution in [0.3, 0.4) is 0 Å². The van der Waals surface area contributed by atoms with E-state index in [9.17, 15) is 28.8 Å². The molecule has 0 bridgehead atoms. The number of hydrogen-bond donors (Lipinski definition) is 7. The van der Waals surface area contributed by atoms with Crippen molar-refractivity contribution < 1.29 is 28.8 Å². The minimum absolute atomic E-state index is 0.00733. The third-order valence-electron chi connectivity index (χ3n) is 13.1. The number of Topliss-reactive ketones (excluding diaryl/α,β-unsaturated/α-hetero) is 3. The van der Waals surface area contributed by atoms with Crippen LogP contribution in [-0.4, -0.2) is 93.6 Å². The van der Waals surface area contributed by atoms with Gasteiger partial charge in [-0.15, -0.1) is 0 Å². The zero-order chi connectivity index (χ0) is 65.2. The van der Waals surface area contributed by atoms with Crippen LogP contribution in [0.25, 0.3) is 0 Å². The Kier molecular flexibility index (Phi) is 24.1. The van der Waals surface area contributed by atoms with Crippen molar-refractivity contribution in [2.24, 2.45) is 16.5 Å². The summed E-state index contributed by atoms with van der Waals surface area (Å²) >= 11 is 35.7. The number of rotatable bonds is 18. The van der Waals surface area contributed by atoms with Gasteiger partial charge in [-0.2, -0.15) is 0 Å². The third kappa shape index (κ3) is 19.4. The highest BCUT2D eigenvalue weighted by Gasteiger charge is 2.21. The molecule has 0 radical (unpaired) electrons. The molecule has 90 heavy (non-hydrogen) atoms. The molecular formula is C66H54Cl6N12O6. The molecular weight excluding hydrogens is 1270 g/mol. The van der Waals surface area contributed by atoms with E-state index in [1.807, 2.05) is 0 Å². The number of aliphatic imine (C=N–C) groups is 1. The van der Waals surface area contributed by atoms with Gasteiger partial charge < -0.3 is 32.3 Å². The molecule has 0 saturated carbocycles. The van der Waals surface area contributed by atoms with E-state index in [4.69, 9.17) is 91.9 Å². The van der Waals surface area contributed by atoms with Crippen molar-refractivity contribution in [3.05, 3.63) is 279 Å². The van der Waals surface area contributed by atoms with Crippen LogP contribution in [0.5, 0.6) is 0 Å². The first kappa shape index (κ1) is 67.8. The number of nitrogens with two attached hydrogens (primary N) is 2. The quantitative estimate of drug-likeness (QED) is 0.0240. The van der Waals surface area contributed by atoms with Crippen LogP contribution >= 0.6 is 69.6 Å². The fraction of sp³-hybridized carbons (Fsp3) is 0.0909. The first-order valence-electron chi connectivity index (χ1n) is 26.8. The number of nitrogens with one attached hydrogen (secondary N) is 5. The molecule has 9 N–H and O–H groups in total. The lowest BCUT2D eigenvalue weighted by molar-refractivity contribution is 0.0980. The smallest absolute Gasteiger partial charge is 0.257 e. The Morgan fingerprint density at radius 2 is 0.689 bits per heavy atom. The number of nitrogen functional groups attached to an aromatic ring is 1. The second-order valence-corrected chi connectivity index (χ2v) is 22.3. The van der Waals surface area contributed by atoms with Gasteiger partial charge in [-0.1, -0.05) is 161 Å². The molecule has 9 rings (SSSR count). The number of nitrogens with zero attached hydrogens (tertiary/aromatic N) is 5. The Morgan fingerprint density at radius 1 is 0.411 bits per heavy atom. The van der Waals surface area contributed by atoms with Gasteiger partial charge in [0.15, 0.2) is 17.3 Å². The Hall–Kier alpha value is -9.66. The van der Waals surface area contributed by atoms with E-state index in [0.717, 1.165) is 5.56 Å². The normalized spacial score (nSPS) is 10.7. The van der Waals surface area contributed by atoms with Crippen LogP contribution in [0.15, 0.2) is 187 Å². The molecule has 3 amide bonds. The predicted molar refractivity (Wildman–Crippen MR) is 358 cm³/mol. The third-order valence-corrected chi connectivity index (χ3v) is 14.5. The summed E-state index contributed by atoms with van der Waals surface area (Å²) in [6.07, 6.45) is 4.35. The Morgan fingerprint density at radius 3 is 0.956 bits per heavy atom. The zero-order valence-corrected chi connectivity index (χ0v) is 52.6. The summed E-state index contributed by atoms with van der Waals surface area (Å²) in [5.41, 5.74) is 17.1. The van der Waals surface area contributed by atoms with Gasteiger partial charge in [0, 0.05) is 124 Å². The summed E-state index contributed by atoms with van der Waals surface area (Å²) in [5, 5.41) is 26.0. The molecule has 6 aromatic carbocycles. The maximum Gasteiger partial charge on any atom is 0.257 e. The van der Waals surface area contributed by atoms with Crippen molar-refractivity contribution >= 4 is 140 Å². The van der Waals surface area contributed by atoms with Crippen molar-refractivity contribution in [2.45, 2.75) is 19.3 Å². The van der Waals surface area contributed by atoms with Gasteiger partial charge in [-0.05, 0) is 89.5 Å². The number of carbonyl (C=O) groups excluding carboxylic acids is 6. The molecule has 456 valence electrons. The minimum atomic E-state index is -0.433. The van der Waals surface area contributed by atoms with E-state index >= 15 is 0 Å². The van der Waals surface area contributed by atoms with Gasteiger partial charge in [0.05, 0.1) is 15.1 Å². The van der Waals surface area contributed by atoms with E-state index < -0.39 is 17.7 Å². The zero-order valence-electron chi connectivity index (χ0n) is 48.0. The molecule has 0 spiro atoms. The van der Waals surface area contributed by atoms with Gasteiger partial charge in [0.25, 0.3) is 17.7 Å². The fourth-order valence-corrected chi connectivity index (χ4v) is 9.18. The van der Waals surface area contributed by atoms with Crippen LogP contribution in [0.4, 0.5) is 17.5 Å². The summed E-state index contributed by atoms with van der Waals surface area (Å²) in [6.45, 7) is 0. The standard InChI is InChI=1S/C23H20Cl2N4O2.C22H18Cl2N4O2.C21H16Cl2N4O2/c1-29(2)22(26)15-5-3-14(4-6-15)20(30)11-16-7-8-17(24)12-19(16)23(31)28-21-10-9-18(25)13-27-21;1-26-21(25)14-4-2-13(3-5-14)19(29)10-15-6-7-16(23)11-18(15)22(30)28-20-9-8-17(24)12-27-20;22-15-6-5-14(9-18(28)12-1-3-13(4-2-12)20(24)25)17(10-15)21(29)27-19-8-7-16(23)11-26-19/h3-10,12-13,26H,11H2,1-2H3,(H,27,28,31);2-9,11-12H,10H2,1H3,(H2,25,26)(H,27,28,30);1-8,10-11H,9H2,(H3,24,25)(H,26,27,29). The van der Waals surface area contributed by atoms with Gasteiger partial charge >= 0.3 is 0 Å². The molecule has 0 aliphatic carbocycles. The summed E-state index contributed by atoms with van der Waals surface area (Å²) in [5.74, 6) is -0.0669. The highest BCUT2D eigenvalue weighted by Crippen LogP contribution is 2.25. The predicted octanol–water partition coefficient (Wildman–Crippen LogP) is 13.7. The molecule has 9 aromatic rings. The van der Waals surface area contributed by atoms with Crippen LogP contribution in [0, 0.1) is 10.8 Å². The second-order valence-electron chi connectivity index (χ2n) is 19.6. The monoisotopic (exact) mass is 1320 g/mol. The number of ketones is 3.